The van der Waals surface area contributed by atoms with Gasteiger partial charge in [0.15, 0.2) is 0 Å². The molecule has 2 rings (SSSR count). The zero-order valence-electron chi connectivity index (χ0n) is 10.6. The molecule has 96 valence electrons. The normalized spacial score (nSPS) is 18.2. The fourth-order valence-corrected chi connectivity index (χ4v) is 2.77. The summed E-state index contributed by atoms with van der Waals surface area (Å²) in [7, 11) is 0. The van der Waals surface area contributed by atoms with Crippen molar-refractivity contribution in [2.45, 2.75) is 32.1 Å². The summed E-state index contributed by atoms with van der Waals surface area (Å²) in [5.41, 5.74) is 1.13. The Labute approximate surface area is 108 Å². The highest BCUT2D eigenvalue weighted by Crippen LogP contribution is 2.33. The first-order valence-corrected chi connectivity index (χ1v) is 6.72. The van der Waals surface area contributed by atoms with E-state index in [1.165, 1.54) is 12.8 Å². The van der Waals surface area contributed by atoms with Crippen molar-refractivity contribution in [3.63, 3.8) is 0 Å². The van der Waals surface area contributed by atoms with Gasteiger partial charge in [0.25, 0.3) is 0 Å². The molecule has 0 bridgehead atoms. The summed E-state index contributed by atoms with van der Waals surface area (Å²) in [5, 5.41) is 9.30. The number of rotatable bonds is 5. The number of carbonyl (C=O) groups is 1. The van der Waals surface area contributed by atoms with Gasteiger partial charge in [0.2, 0.25) is 0 Å². The van der Waals surface area contributed by atoms with Crippen LogP contribution in [0.1, 0.15) is 37.7 Å². The predicted molar refractivity (Wildman–Crippen MR) is 73.2 cm³/mol. The third-order valence-corrected chi connectivity index (χ3v) is 3.79. The lowest BCUT2D eigenvalue weighted by molar-refractivity contribution is -0.143. The second-order valence-electron chi connectivity index (χ2n) is 5.04. The van der Waals surface area contributed by atoms with Crippen LogP contribution in [0.2, 0.25) is 0 Å². The smallest absolute Gasteiger partial charge is 0.307 e. The van der Waals surface area contributed by atoms with Crippen molar-refractivity contribution in [1.29, 1.82) is 0 Å². The van der Waals surface area contributed by atoms with E-state index in [1.54, 1.807) is 0 Å². The Hall–Kier alpha value is -1.57. The van der Waals surface area contributed by atoms with E-state index in [9.17, 15) is 9.90 Å². The topological polar surface area (TPSA) is 37.3 Å². The highest BCUT2D eigenvalue weighted by Gasteiger charge is 2.29. The highest BCUT2D eigenvalue weighted by atomic mass is 16.4. The average Bonchev–Trinajstić information content (AvgIpc) is 2.89. The van der Waals surface area contributed by atoms with Gasteiger partial charge in [-0.2, -0.15) is 0 Å². The lowest BCUT2D eigenvalue weighted by Crippen LogP contribution is -2.20. The van der Waals surface area contributed by atoms with Gasteiger partial charge in [0.1, 0.15) is 0 Å². The van der Waals surface area contributed by atoms with E-state index in [0.29, 0.717) is 12.3 Å². The molecule has 2 heteroatoms. The van der Waals surface area contributed by atoms with Gasteiger partial charge in [0, 0.05) is 0 Å². The molecule has 1 aromatic rings. The van der Waals surface area contributed by atoms with Crippen molar-refractivity contribution in [2.75, 3.05) is 0 Å². The van der Waals surface area contributed by atoms with E-state index in [1.807, 2.05) is 42.5 Å². The minimum absolute atomic E-state index is 0.201. The molecule has 0 amide bonds. The quantitative estimate of drug-likeness (QED) is 0.850. The van der Waals surface area contributed by atoms with E-state index in [-0.39, 0.29) is 5.92 Å². The molecule has 1 aromatic carbocycles. The predicted octanol–water partition coefficient (Wildman–Crippen LogP) is 3.98. The maximum absolute atomic E-state index is 11.3. The largest absolute Gasteiger partial charge is 0.481 e. The molecule has 18 heavy (non-hydrogen) atoms. The molecule has 0 saturated heterocycles. The molecular formula is C16H20O2. The molecule has 1 saturated carbocycles. The van der Waals surface area contributed by atoms with Crippen LogP contribution in [-0.2, 0) is 4.79 Å². The number of benzene rings is 1. The van der Waals surface area contributed by atoms with Crippen molar-refractivity contribution in [3.8, 4) is 0 Å². The van der Waals surface area contributed by atoms with E-state index < -0.39 is 5.97 Å². The fraction of sp³-hybridized carbons (Fsp3) is 0.438. The van der Waals surface area contributed by atoms with Crippen molar-refractivity contribution in [2.24, 2.45) is 11.8 Å². The Balaban J connectivity index is 1.93. The first-order chi connectivity index (χ1) is 8.77. The third kappa shape index (κ3) is 3.46. The second-order valence-corrected chi connectivity index (χ2v) is 5.04. The molecule has 1 fully saturated rings. The van der Waals surface area contributed by atoms with Gasteiger partial charge in [-0.1, -0.05) is 55.3 Å². The maximum atomic E-state index is 11.3. The van der Waals surface area contributed by atoms with Crippen LogP contribution >= 0.6 is 0 Å². The van der Waals surface area contributed by atoms with Crippen LogP contribution in [0, 0.1) is 11.8 Å². The Morgan fingerprint density at radius 3 is 2.56 bits per heavy atom. The molecular weight excluding hydrogens is 224 g/mol. The van der Waals surface area contributed by atoms with Gasteiger partial charge in [-0.15, -0.1) is 0 Å². The summed E-state index contributed by atoms with van der Waals surface area (Å²) < 4.78 is 0. The number of carboxylic acids is 1. The Morgan fingerprint density at radius 2 is 1.94 bits per heavy atom. The summed E-state index contributed by atoms with van der Waals surface area (Å²) in [6.45, 7) is 0. The molecule has 2 nitrogen and oxygen atoms in total. The number of allylic oxidation sites excluding steroid dienone is 1. The molecule has 1 aliphatic rings. The summed E-state index contributed by atoms with van der Waals surface area (Å²) in [5.74, 6) is -0.463. The zero-order chi connectivity index (χ0) is 12.8. The SMILES string of the molecule is O=C(O)C(C/C=C/c1ccccc1)C1CCCC1. The molecule has 1 N–H and O–H groups in total. The summed E-state index contributed by atoms with van der Waals surface area (Å²) >= 11 is 0. The lowest BCUT2D eigenvalue weighted by atomic mass is 9.88. The Morgan fingerprint density at radius 1 is 1.28 bits per heavy atom. The molecule has 0 heterocycles. The van der Waals surface area contributed by atoms with Crippen molar-refractivity contribution >= 4 is 12.0 Å². The van der Waals surface area contributed by atoms with E-state index in [2.05, 4.69) is 0 Å². The first-order valence-electron chi connectivity index (χ1n) is 6.72. The third-order valence-electron chi connectivity index (χ3n) is 3.79. The van der Waals surface area contributed by atoms with Crippen LogP contribution in [0.25, 0.3) is 6.08 Å². The second kappa shape index (κ2) is 6.39. The van der Waals surface area contributed by atoms with Crippen LogP contribution in [0.15, 0.2) is 36.4 Å². The van der Waals surface area contributed by atoms with E-state index in [4.69, 9.17) is 0 Å². The summed E-state index contributed by atoms with van der Waals surface area (Å²) in [4.78, 5) is 11.3. The number of aliphatic carboxylic acids is 1. The zero-order valence-corrected chi connectivity index (χ0v) is 10.6. The first kappa shape index (κ1) is 12.9. The summed E-state index contributed by atoms with van der Waals surface area (Å²) in [6, 6.07) is 10.0. The van der Waals surface area contributed by atoms with Crippen molar-refractivity contribution in [1.82, 2.24) is 0 Å². The molecule has 0 aliphatic heterocycles. The number of hydrogen-bond donors (Lipinski definition) is 1. The monoisotopic (exact) mass is 244 g/mol. The van der Waals surface area contributed by atoms with Crippen LogP contribution in [-0.4, -0.2) is 11.1 Å². The highest BCUT2D eigenvalue weighted by molar-refractivity contribution is 5.71. The lowest BCUT2D eigenvalue weighted by Gasteiger charge is -2.17. The van der Waals surface area contributed by atoms with E-state index >= 15 is 0 Å². The van der Waals surface area contributed by atoms with Crippen LogP contribution in [0.5, 0.6) is 0 Å². The molecule has 1 aliphatic carbocycles. The van der Waals surface area contributed by atoms with Crippen LogP contribution in [0.3, 0.4) is 0 Å². The Kier molecular flexibility index (Phi) is 4.57. The number of carboxylic acid groups (broad SMARTS) is 1. The van der Waals surface area contributed by atoms with Gasteiger partial charge in [-0.3, -0.25) is 4.79 Å². The van der Waals surface area contributed by atoms with Crippen molar-refractivity contribution in [3.05, 3.63) is 42.0 Å². The van der Waals surface area contributed by atoms with Gasteiger partial charge < -0.3 is 5.11 Å². The van der Waals surface area contributed by atoms with Gasteiger partial charge >= 0.3 is 5.97 Å². The van der Waals surface area contributed by atoms with Crippen LogP contribution < -0.4 is 0 Å². The minimum atomic E-state index is -0.639. The summed E-state index contributed by atoms with van der Waals surface area (Å²) in [6.07, 6.45) is 9.21. The number of hydrogen-bond acceptors (Lipinski definition) is 1. The van der Waals surface area contributed by atoms with Gasteiger partial charge in [0.05, 0.1) is 5.92 Å². The van der Waals surface area contributed by atoms with Gasteiger partial charge in [-0.25, -0.2) is 0 Å². The maximum Gasteiger partial charge on any atom is 0.307 e. The molecule has 0 aromatic heterocycles. The van der Waals surface area contributed by atoms with E-state index in [0.717, 1.165) is 18.4 Å². The fourth-order valence-electron chi connectivity index (χ4n) is 2.77. The minimum Gasteiger partial charge on any atom is -0.481 e. The molecule has 0 spiro atoms. The van der Waals surface area contributed by atoms with Gasteiger partial charge in [-0.05, 0) is 30.7 Å². The molecule has 1 unspecified atom stereocenters. The molecule has 0 radical (unpaired) electrons. The standard InChI is InChI=1S/C16H20O2/c17-16(18)15(14-10-4-5-11-14)12-6-9-13-7-2-1-3-8-13/h1-3,6-9,14-15H,4-5,10-12H2,(H,17,18)/b9-6+. The molecule has 1 atom stereocenters. The van der Waals surface area contributed by atoms with Crippen LogP contribution in [0.4, 0.5) is 0 Å². The Bertz CT molecular complexity index is 402. The average molecular weight is 244 g/mol. The van der Waals surface area contributed by atoms with Crippen molar-refractivity contribution < 1.29 is 9.90 Å².